The Hall–Kier alpha value is -1.62. The van der Waals surface area contributed by atoms with Crippen LogP contribution in [0.2, 0.25) is 0 Å². The fourth-order valence-corrected chi connectivity index (χ4v) is 2.66. The molecule has 0 unspecified atom stereocenters. The van der Waals surface area contributed by atoms with Crippen LogP contribution >= 0.6 is 0 Å². The van der Waals surface area contributed by atoms with Gasteiger partial charge in [0.1, 0.15) is 0 Å². The minimum atomic E-state index is -0.121. The van der Waals surface area contributed by atoms with Crippen molar-refractivity contribution in [1.82, 2.24) is 20.5 Å². The van der Waals surface area contributed by atoms with E-state index in [2.05, 4.69) is 34.4 Å². The standard InChI is InChI=1S/C16H26N4O/c1-16(2,20-9-4-3-5-10-20)13-19-15(21)18-12-14-7-6-8-17-11-14/h6-8,11H,3-5,9-10,12-13H2,1-2H3,(H2,18,19,21). The first-order valence-corrected chi connectivity index (χ1v) is 7.73. The number of aromatic nitrogens is 1. The van der Waals surface area contributed by atoms with E-state index in [-0.39, 0.29) is 11.6 Å². The number of hydrogen-bond acceptors (Lipinski definition) is 3. The van der Waals surface area contributed by atoms with Crippen LogP contribution in [0, 0.1) is 0 Å². The molecule has 21 heavy (non-hydrogen) atoms. The molecule has 0 bridgehead atoms. The molecule has 5 nitrogen and oxygen atoms in total. The highest BCUT2D eigenvalue weighted by Gasteiger charge is 2.28. The average molecular weight is 290 g/mol. The lowest BCUT2D eigenvalue weighted by molar-refractivity contribution is 0.0960. The second-order valence-electron chi connectivity index (χ2n) is 6.26. The third kappa shape index (κ3) is 5.01. The molecular weight excluding hydrogens is 264 g/mol. The van der Waals surface area contributed by atoms with Gasteiger partial charge in [0.2, 0.25) is 0 Å². The smallest absolute Gasteiger partial charge is 0.315 e. The maximum Gasteiger partial charge on any atom is 0.315 e. The highest BCUT2D eigenvalue weighted by molar-refractivity contribution is 5.73. The summed E-state index contributed by atoms with van der Waals surface area (Å²) >= 11 is 0. The summed E-state index contributed by atoms with van der Waals surface area (Å²) in [6.45, 7) is 7.81. The Labute approximate surface area is 127 Å². The van der Waals surface area contributed by atoms with Gasteiger partial charge in [0.05, 0.1) is 0 Å². The van der Waals surface area contributed by atoms with Crippen molar-refractivity contribution in [3.63, 3.8) is 0 Å². The van der Waals surface area contributed by atoms with E-state index in [0.29, 0.717) is 13.1 Å². The molecule has 1 aliphatic rings. The molecule has 1 aromatic rings. The largest absolute Gasteiger partial charge is 0.336 e. The summed E-state index contributed by atoms with van der Waals surface area (Å²) in [7, 11) is 0. The Morgan fingerprint density at radius 1 is 1.29 bits per heavy atom. The summed E-state index contributed by atoms with van der Waals surface area (Å²) < 4.78 is 0. The molecule has 1 fully saturated rings. The van der Waals surface area contributed by atoms with Gasteiger partial charge in [-0.2, -0.15) is 0 Å². The van der Waals surface area contributed by atoms with Crippen molar-refractivity contribution in [2.24, 2.45) is 0 Å². The first-order chi connectivity index (χ1) is 10.1. The van der Waals surface area contributed by atoms with Crippen molar-refractivity contribution < 1.29 is 4.79 Å². The van der Waals surface area contributed by atoms with Crippen molar-refractivity contribution in [3.8, 4) is 0 Å². The van der Waals surface area contributed by atoms with Crippen LogP contribution in [-0.2, 0) is 6.54 Å². The van der Waals surface area contributed by atoms with Gasteiger partial charge in [0.25, 0.3) is 0 Å². The van der Waals surface area contributed by atoms with Crippen molar-refractivity contribution in [1.29, 1.82) is 0 Å². The zero-order valence-corrected chi connectivity index (χ0v) is 13.1. The molecule has 0 spiro atoms. The first kappa shape index (κ1) is 15.8. The number of piperidine rings is 1. The quantitative estimate of drug-likeness (QED) is 0.873. The minimum absolute atomic E-state index is 0.00601. The third-order valence-corrected chi connectivity index (χ3v) is 4.07. The molecule has 0 atom stereocenters. The highest BCUT2D eigenvalue weighted by atomic mass is 16.2. The van der Waals surface area contributed by atoms with E-state index >= 15 is 0 Å². The van der Waals surface area contributed by atoms with E-state index < -0.39 is 0 Å². The van der Waals surface area contributed by atoms with E-state index in [1.54, 1.807) is 12.4 Å². The van der Waals surface area contributed by atoms with Gasteiger partial charge >= 0.3 is 6.03 Å². The molecule has 1 aliphatic heterocycles. The Balaban J connectivity index is 1.72. The molecule has 2 amide bonds. The molecule has 2 rings (SSSR count). The van der Waals surface area contributed by atoms with E-state index in [9.17, 15) is 4.79 Å². The van der Waals surface area contributed by atoms with E-state index in [1.165, 1.54) is 19.3 Å². The molecule has 1 saturated heterocycles. The summed E-state index contributed by atoms with van der Waals surface area (Å²) in [6, 6.07) is 3.70. The van der Waals surface area contributed by atoms with Crippen LogP contribution in [0.25, 0.3) is 0 Å². The van der Waals surface area contributed by atoms with Gasteiger partial charge in [0.15, 0.2) is 0 Å². The van der Waals surface area contributed by atoms with Crippen LogP contribution in [0.1, 0.15) is 38.7 Å². The molecule has 1 aromatic heterocycles. The van der Waals surface area contributed by atoms with Crippen molar-refractivity contribution in [2.75, 3.05) is 19.6 Å². The Bertz CT molecular complexity index is 441. The molecule has 2 heterocycles. The Morgan fingerprint density at radius 2 is 2.05 bits per heavy atom. The number of likely N-dealkylation sites (tertiary alicyclic amines) is 1. The normalized spacial score (nSPS) is 16.5. The number of amides is 2. The molecule has 0 aromatic carbocycles. The van der Waals surface area contributed by atoms with Crippen LogP contribution < -0.4 is 10.6 Å². The van der Waals surface area contributed by atoms with Gasteiger partial charge in [-0.05, 0) is 51.4 Å². The number of hydrogen-bond donors (Lipinski definition) is 2. The lowest BCUT2D eigenvalue weighted by atomic mass is 9.98. The van der Waals surface area contributed by atoms with Crippen molar-refractivity contribution in [2.45, 2.75) is 45.2 Å². The van der Waals surface area contributed by atoms with Crippen LogP contribution in [0.5, 0.6) is 0 Å². The maximum atomic E-state index is 11.9. The molecule has 0 saturated carbocycles. The number of nitrogens with one attached hydrogen (secondary N) is 2. The summed E-state index contributed by atoms with van der Waals surface area (Å²) in [4.78, 5) is 18.4. The molecule has 116 valence electrons. The molecule has 2 N–H and O–H groups in total. The average Bonchev–Trinajstić information content (AvgIpc) is 2.53. The molecular formula is C16H26N4O. The zero-order chi connectivity index (χ0) is 15.1. The molecule has 5 heteroatoms. The number of nitrogens with zero attached hydrogens (tertiary/aromatic N) is 2. The van der Waals surface area contributed by atoms with Gasteiger partial charge in [-0.25, -0.2) is 4.79 Å². The number of pyridine rings is 1. The number of urea groups is 1. The predicted octanol–water partition coefficient (Wildman–Crippen LogP) is 2.15. The monoisotopic (exact) mass is 290 g/mol. The van der Waals surface area contributed by atoms with Crippen LogP contribution in [0.4, 0.5) is 4.79 Å². The van der Waals surface area contributed by atoms with Gasteiger partial charge in [0, 0.05) is 31.0 Å². The number of carbonyl (C=O) groups is 1. The topological polar surface area (TPSA) is 57.3 Å². The van der Waals surface area contributed by atoms with Crippen molar-refractivity contribution in [3.05, 3.63) is 30.1 Å². The maximum absolute atomic E-state index is 11.9. The van der Waals surface area contributed by atoms with Crippen LogP contribution in [0.15, 0.2) is 24.5 Å². The highest BCUT2D eigenvalue weighted by Crippen LogP contribution is 2.19. The fraction of sp³-hybridized carbons (Fsp3) is 0.625. The van der Waals surface area contributed by atoms with Crippen molar-refractivity contribution >= 4 is 6.03 Å². The van der Waals surface area contributed by atoms with Crippen LogP contribution in [0.3, 0.4) is 0 Å². The molecule has 0 radical (unpaired) electrons. The predicted molar refractivity (Wildman–Crippen MR) is 84.0 cm³/mol. The number of rotatable bonds is 5. The lowest BCUT2D eigenvalue weighted by Gasteiger charge is -2.41. The number of carbonyl (C=O) groups excluding carboxylic acids is 1. The van der Waals surface area contributed by atoms with Crippen LogP contribution in [-0.4, -0.2) is 41.1 Å². The SMILES string of the molecule is CC(C)(CNC(=O)NCc1cccnc1)N1CCCCC1. The summed E-state index contributed by atoms with van der Waals surface area (Å²) in [5.74, 6) is 0. The van der Waals surface area contributed by atoms with Gasteiger partial charge in [-0.15, -0.1) is 0 Å². The lowest BCUT2D eigenvalue weighted by Crippen LogP contribution is -2.54. The van der Waals surface area contributed by atoms with E-state index in [4.69, 9.17) is 0 Å². The minimum Gasteiger partial charge on any atom is -0.336 e. The second-order valence-corrected chi connectivity index (χ2v) is 6.26. The zero-order valence-electron chi connectivity index (χ0n) is 13.1. The summed E-state index contributed by atoms with van der Waals surface area (Å²) in [5.41, 5.74) is 1.01. The van der Waals surface area contributed by atoms with E-state index in [0.717, 1.165) is 18.7 Å². The molecule has 0 aliphatic carbocycles. The second kappa shape index (κ2) is 7.41. The fourth-order valence-electron chi connectivity index (χ4n) is 2.66. The Kier molecular flexibility index (Phi) is 5.56. The van der Waals surface area contributed by atoms with Gasteiger partial charge < -0.3 is 10.6 Å². The summed E-state index contributed by atoms with van der Waals surface area (Å²) in [5, 5.41) is 5.84. The Morgan fingerprint density at radius 3 is 2.71 bits per heavy atom. The third-order valence-electron chi connectivity index (χ3n) is 4.07. The van der Waals surface area contributed by atoms with Gasteiger partial charge in [-0.1, -0.05) is 12.5 Å². The first-order valence-electron chi connectivity index (χ1n) is 7.73. The summed E-state index contributed by atoms with van der Waals surface area (Å²) in [6.07, 6.45) is 7.33. The van der Waals surface area contributed by atoms with E-state index in [1.807, 2.05) is 12.1 Å². The van der Waals surface area contributed by atoms with Gasteiger partial charge in [-0.3, -0.25) is 9.88 Å².